The maximum absolute atomic E-state index is 12.3. The largest absolute Gasteiger partial charge is 0.459 e. The van der Waals surface area contributed by atoms with E-state index in [0.717, 1.165) is 5.56 Å². The Hall–Kier alpha value is -3.05. The molecule has 0 spiro atoms. The topological polar surface area (TPSA) is 103 Å². The molecule has 1 fully saturated rings. The van der Waals surface area contributed by atoms with Crippen molar-refractivity contribution in [2.75, 3.05) is 38.0 Å². The predicted octanol–water partition coefficient (Wildman–Crippen LogP) is 1.76. The van der Waals surface area contributed by atoms with Crippen LogP contribution in [0.5, 0.6) is 0 Å². The van der Waals surface area contributed by atoms with E-state index in [4.69, 9.17) is 8.83 Å². The van der Waals surface area contributed by atoms with Gasteiger partial charge in [0.25, 0.3) is 5.91 Å². The van der Waals surface area contributed by atoms with Crippen LogP contribution in [0.4, 0.5) is 5.88 Å². The van der Waals surface area contributed by atoms with Crippen LogP contribution < -0.4 is 5.32 Å². The number of carbonyl (C=O) groups is 2. The van der Waals surface area contributed by atoms with Gasteiger partial charge >= 0.3 is 0 Å². The number of nitrogens with one attached hydrogen (secondary N) is 1. The van der Waals surface area contributed by atoms with Gasteiger partial charge in [-0.1, -0.05) is 0 Å². The lowest BCUT2D eigenvalue weighted by molar-refractivity contribution is -0.117. The van der Waals surface area contributed by atoms with Crippen molar-refractivity contribution in [2.24, 2.45) is 0 Å². The van der Waals surface area contributed by atoms with Gasteiger partial charge in [-0.15, -0.1) is 0 Å². The number of hydrogen-bond donors (Lipinski definition) is 1. The molecule has 3 rings (SSSR count). The minimum Gasteiger partial charge on any atom is -0.459 e. The van der Waals surface area contributed by atoms with Gasteiger partial charge in [0, 0.05) is 31.7 Å². The first kappa shape index (κ1) is 17.8. The molecule has 0 atom stereocenters. The number of aryl methyl sites for hydroxylation is 1. The minimum absolute atomic E-state index is 0.140. The van der Waals surface area contributed by atoms with E-state index in [1.54, 1.807) is 30.9 Å². The Morgan fingerprint density at radius 2 is 2.00 bits per heavy atom. The van der Waals surface area contributed by atoms with E-state index in [1.165, 1.54) is 6.26 Å². The molecule has 8 heteroatoms. The van der Waals surface area contributed by atoms with E-state index >= 15 is 0 Å². The van der Waals surface area contributed by atoms with Crippen molar-refractivity contribution >= 4 is 17.7 Å². The summed E-state index contributed by atoms with van der Waals surface area (Å²) in [5.74, 6) is 0.741. The number of nitriles is 1. The van der Waals surface area contributed by atoms with E-state index in [9.17, 15) is 14.9 Å². The number of rotatable bonds is 4. The van der Waals surface area contributed by atoms with E-state index < -0.39 is 0 Å². The molecule has 26 heavy (non-hydrogen) atoms. The Balaban J connectivity index is 1.52. The summed E-state index contributed by atoms with van der Waals surface area (Å²) in [6.07, 6.45) is 1.47. The van der Waals surface area contributed by atoms with Gasteiger partial charge in [-0.25, -0.2) is 0 Å². The van der Waals surface area contributed by atoms with E-state index in [2.05, 4.69) is 11.4 Å². The van der Waals surface area contributed by atoms with Gasteiger partial charge in [0.2, 0.25) is 11.8 Å². The Labute approximate surface area is 151 Å². The van der Waals surface area contributed by atoms with Gasteiger partial charge in [0.15, 0.2) is 5.76 Å². The molecule has 2 aromatic rings. The average molecular weight is 356 g/mol. The van der Waals surface area contributed by atoms with E-state index in [1.807, 2.05) is 4.90 Å². The highest BCUT2D eigenvalue weighted by Gasteiger charge is 2.25. The van der Waals surface area contributed by atoms with Crippen LogP contribution in [0.2, 0.25) is 0 Å². The second kappa shape index (κ2) is 7.45. The zero-order chi connectivity index (χ0) is 18.7. The van der Waals surface area contributed by atoms with Crippen LogP contribution in [0.25, 0.3) is 0 Å². The second-order valence-electron chi connectivity index (χ2n) is 6.19. The van der Waals surface area contributed by atoms with Crippen molar-refractivity contribution in [3.8, 4) is 6.07 Å². The summed E-state index contributed by atoms with van der Waals surface area (Å²) >= 11 is 0. The van der Waals surface area contributed by atoms with Crippen molar-refractivity contribution in [1.29, 1.82) is 5.26 Å². The quantitative estimate of drug-likeness (QED) is 0.895. The van der Waals surface area contributed by atoms with Crippen LogP contribution >= 0.6 is 0 Å². The number of furan rings is 2. The lowest BCUT2D eigenvalue weighted by atomic mass is 10.2. The van der Waals surface area contributed by atoms with Crippen molar-refractivity contribution in [3.05, 3.63) is 41.0 Å². The molecule has 0 radical (unpaired) electrons. The summed E-state index contributed by atoms with van der Waals surface area (Å²) in [7, 11) is 0. The van der Waals surface area contributed by atoms with Crippen LogP contribution in [-0.4, -0.2) is 54.3 Å². The fraction of sp³-hybridized carbons (Fsp3) is 0.389. The van der Waals surface area contributed by atoms with Gasteiger partial charge in [0.05, 0.1) is 12.8 Å². The van der Waals surface area contributed by atoms with Crippen molar-refractivity contribution < 1.29 is 18.4 Å². The zero-order valence-corrected chi connectivity index (χ0v) is 14.7. The van der Waals surface area contributed by atoms with Gasteiger partial charge in [0.1, 0.15) is 17.4 Å². The molecule has 2 amide bonds. The lowest BCUT2D eigenvalue weighted by Gasteiger charge is -2.33. The third-order valence-corrected chi connectivity index (χ3v) is 4.51. The third-order valence-electron chi connectivity index (χ3n) is 4.51. The molecular weight excluding hydrogens is 336 g/mol. The van der Waals surface area contributed by atoms with Gasteiger partial charge in [-0.3, -0.25) is 19.8 Å². The number of amides is 2. The van der Waals surface area contributed by atoms with Crippen molar-refractivity contribution in [1.82, 2.24) is 9.80 Å². The summed E-state index contributed by atoms with van der Waals surface area (Å²) in [5, 5.41) is 11.9. The zero-order valence-electron chi connectivity index (χ0n) is 14.7. The highest BCUT2D eigenvalue weighted by Crippen LogP contribution is 2.25. The van der Waals surface area contributed by atoms with E-state index in [-0.39, 0.29) is 24.2 Å². The standard InChI is InChI=1S/C18H20N4O4/c1-12-13(2)26-17(14(12)10-19)20-16(23)11-21-5-7-22(8-6-21)18(24)15-4-3-9-25-15/h3-4,9H,5-8,11H2,1-2H3,(H,20,23). The molecule has 8 nitrogen and oxygen atoms in total. The first-order valence-corrected chi connectivity index (χ1v) is 8.34. The molecule has 136 valence electrons. The van der Waals surface area contributed by atoms with Gasteiger partial charge in [-0.05, 0) is 26.0 Å². The summed E-state index contributed by atoms with van der Waals surface area (Å²) in [5.41, 5.74) is 1.08. The molecule has 1 aliphatic rings. The predicted molar refractivity (Wildman–Crippen MR) is 92.6 cm³/mol. The summed E-state index contributed by atoms with van der Waals surface area (Å²) in [6, 6.07) is 5.37. The minimum atomic E-state index is -0.249. The smallest absolute Gasteiger partial charge is 0.289 e. The number of nitrogens with zero attached hydrogens (tertiary/aromatic N) is 3. The summed E-state index contributed by atoms with van der Waals surface area (Å²) < 4.78 is 10.6. The number of piperazine rings is 1. The normalized spacial score (nSPS) is 14.9. The molecular formula is C18H20N4O4. The lowest BCUT2D eigenvalue weighted by Crippen LogP contribution is -2.50. The monoisotopic (exact) mass is 356 g/mol. The molecule has 0 aromatic carbocycles. The summed E-state index contributed by atoms with van der Waals surface area (Å²) in [4.78, 5) is 28.1. The molecule has 2 aromatic heterocycles. The first-order chi connectivity index (χ1) is 12.5. The van der Waals surface area contributed by atoms with Crippen LogP contribution in [0.1, 0.15) is 27.4 Å². The molecule has 0 saturated carbocycles. The fourth-order valence-corrected chi connectivity index (χ4v) is 2.88. The van der Waals surface area contributed by atoms with Gasteiger partial charge in [-0.2, -0.15) is 5.26 Å². The Morgan fingerprint density at radius 1 is 1.27 bits per heavy atom. The maximum Gasteiger partial charge on any atom is 0.289 e. The van der Waals surface area contributed by atoms with Crippen LogP contribution in [0.3, 0.4) is 0 Å². The van der Waals surface area contributed by atoms with Crippen molar-refractivity contribution in [3.63, 3.8) is 0 Å². The SMILES string of the molecule is Cc1oc(NC(=O)CN2CCN(C(=O)c3ccco3)CC2)c(C#N)c1C. The van der Waals surface area contributed by atoms with E-state index in [0.29, 0.717) is 43.3 Å². The van der Waals surface area contributed by atoms with Crippen LogP contribution in [-0.2, 0) is 4.79 Å². The van der Waals surface area contributed by atoms with Crippen LogP contribution in [0.15, 0.2) is 27.2 Å². The number of anilines is 1. The molecule has 1 saturated heterocycles. The highest BCUT2D eigenvalue weighted by atomic mass is 16.4. The fourth-order valence-electron chi connectivity index (χ4n) is 2.88. The van der Waals surface area contributed by atoms with Crippen molar-refractivity contribution in [2.45, 2.75) is 13.8 Å². The Kier molecular flexibility index (Phi) is 5.09. The number of hydrogen-bond acceptors (Lipinski definition) is 6. The Morgan fingerprint density at radius 3 is 2.62 bits per heavy atom. The second-order valence-corrected chi connectivity index (χ2v) is 6.19. The average Bonchev–Trinajstić information content (AvgIpc) is 3.24. The van der Waals surface area contributed by atoms with Crippen LogP contribution in [0, 0.1) is 25.2 Å². The molecule has 0 bridgehead atoms. The molecule has 1 N–H and O–H groups in total. The van der Waals surface area contributed by atoms with Gasteiger partial charge < -0.3 is 13.7 Å². The molecule has 0 aliphatic carbocycles. The molecule has 0 unspecified atom stereocenters. The Bertz CT molecular complexity index is 839. The molecule has 3 heterocycles. The first-order valence-electron chi connectivity index (χ1n) is 8.34. The number of carbonyl (C=O) groups excluding carboxylic acids is 2. The maximum atomic E-state index is 12.3. The summed E-state index contributed by atoms with van der Waals surface area (Å²) in [6.45, 7) is 5.92. The highest BCUT2D eigenvalue weighted by molar-refractivity contribution is 5.93. The third kappa shape index (κ3) is 3.63. The molecule has 1 aliphatic heterocycles.